The van der Waals surface area contributed by atoms with Crippen molar-refractivity contribution in [3.8, 4) is 11.1 Å². The highest BCUT2D eigenvalue weighted by Gasteiger charge is 2.06. The van der Waals surface area contributed by atoms with Crippen LogP contribution >= 0.6 is 0 Å². The van der Waals surface area contributed by atoms with Gasteiger partial charge in [-0.3, -0.25) is 4.79 Å². The molecule has 4 nitrogen and oxygen atoms in total. The number of imidazole rings is 1. The first-order valence-corrected chi connectivity index (χ1v) is 9.01. The maximum absolute atomic E-state index is 12.3. The van der Waals surface area contributed by atoms with Gasteiger partial charge in [0.15, 0.2) is 0 Å². The number of rotatable bonds is 5. The van der Waals surface area contributed by atoms with Gasteiger partial charge in [0.25, 0.3) is 0 Å². The number of amides is 1. The number of aromatic nitrogens is 2. The lowest BCUT2D eigenvalue weighted by Gasteiger charge is -2.09. The highest BCUT2D eigenvalue weighted by atomic mass is 16.1. The van der Waals surface area contributed by atoms with E-state index < -0.39 is 0 Å². The van der Waals surface area contributed by atoms with E-state index in [2.05, 4.69) is 53.6 Å². The van der Waals surface area contributed by atoms with Crippen LogP contribution in [0.15, 0.2) is 79.4 Å². The fourth-order valence-corrected chi connectivity index (χ4v) is 3.21. The maximum Gasteiger partial charge on any atom is 0.224 e. The minimum Gasteiger partial charge on any atom is -0.352 e. The molecule has 0 atom stereocenters. The standard InChI is InChI=1S/C23H21N3O/c1-17-4-2-6-20(10-17)21-7-3-5-19(11-21)14-25-23(27)13-18-8-9-26-16-24-15-22(26)12-18/h2-12,15-16H,13-14H2,1H3,(H,25,27). The number of nitrogens with one attached hydrogen (secondary N) is 1. The minimum absolute atomic E-state index is 0.0137. The zero-order valence-corrected chi connectivity index (χ0v) is 15.2. The number of aryl methyl sites for hydroxylation is 1. The van der Waals surface area contributed by atoms with E-state index in [0.29, 0.717) is 13.0 Å². The molecule has 0 bridgehead atoms. The van der Waals surface area contributed by atoms with Crippen LogP contribution in [0.5, 0.6) is 0 Å². The molecular weight excluding hydrogens is 334 g/mol. The average molecular weight is 355 g/mol. The van der Waals surface area contributed by atoms with Crippen LogP contribution in [0, 0.1) is 6.92 Å². The maximum atomic E-state index is 12.3. The highest BCUT2D eigenvalue weighted by molar-refractivity contribution is 5.79. The molecule has 1 N–H and O–H groups in total. The Morgan fingerprint density at radius 3 is 2.67 bits per heavy atom. The van der Waals surface area contributed by atoms with Crippen molar-refractivity contribution in [2.45, 2.75) is 19.9 Å². The van der Waals surface area contributed by atoms with Crippen LogP contribution in [0.25, 0.3) is 16.6 Å². The van der Waals surface area contributed by atoms with Crippen molar-refractivity contribution in [2.24, 2.45) is 0 Å². The van der Waals surface area contributed by atoms with Crippen LogP contribution < -0.4 is 5.32 Å². The van der Waals surface area contributed by atoms with Crippen LogP contribution in [0.3, 0.4) is 0 Å². The number of carbonyl (C=O) groups excluding carboxylic acids is 1. The Balaban J connectivity index is 1.40. The number of fused-ring (bicyclic) bond motifs is 1. The first kappa shape index (κ1) is 17.0. The molecule has 2 aromatic heterocycles. The van der Waals surface area contributed by atoms with E-state index in [4.69, 9.17) is 0 Å². The molecule has 0 fully saturated rings. The zero-order valence-electron chi connectivity index (χ0n) is 15.2. The quantitative estimate of drug-likeness (QED) is 0.584. The van der Waals surface area contributed by atoms with E-state index >= 15 is 0 Å². The van der Waals surface area contributed by atoms with Gasteiger partial charge in [-0.25, -0.2) is 4.98 Å². The van der Waals surface area contributed by atoms with Gasteiger partial charge in [-0.15, -0.1) is 0 Å². The summed E-state index contributed by atoms with van der Waals surface area (Å²) in [6.45, 7) is 2.61. The average Bonchev–Trinajstić information content (AvgIpc) is 3.14. The molecule has 0 radical (unpaired) electrons. The Labute approximate surface area is 158 Å². The SMILES string of the molecule is Cc1cccc(-c2cccc(CNC(=O)Cc3ccn4cncc4c3)c2)c1. The smallest absolute Gasteiger partial charge is 0.224 e. The second kappa shape index (κ2) is 7.46. The summed E-state index contributed by atoms with van der Waals surface area (Å²) in [6.07, 6.45) is 5.83. The van der Waals surface area contributed by atoms with Crippen molar-refractivity contribution in [1.82, 2.24) is 14.7 Å². The first-order valence-electron chi connectivity index (χ1n) is 9.01. The lowest BCUT2D eigenvalue weighted by Crippen LogP contribution is -2.24. The van der Waals surface area contributed by atoms with Gasteiger partial charge in [0, 0.05) is 12.7 Å². The van der Waals surface area contributed by atoms with Gasteiger partial charge in [-0.1, -0.05) is 48.0 Å². The largest absolute Gasteiger partial charge is 0.352 e. The van der Waals surface area contributed by atoms with Crippen LogP contribution in [-0.4, -0.2) is 15.3 Å². The number of hydrogen-bond donors (Lipinski definition) is 1. The van der Waals surface area contributed by atoms with Gasteiger partial charge in [0.1, 0.15) is 0 Å². The third-order valence-corrected chi connectivity index (χ3v) is 4.61. The van der Waals surface area contributed by atoms with Gasteiger partial charge < -0.3 is 9.72 Å². The number of nitrogens with zero attached hydrogens (tertiary/aromatic N) is 2. The van der Waals surface area contributed by atoms with Crippen molar-refractivity contribution in [2.75, 3.05) is 0 Å². The molecule has 4 aromatic rings. The number of pyridine rings is 1. The van der Waals surface area contributed by atoms with Gasteiger partial charge >= 0.3 is 0 Å². The molecule has 4 heteroatoms. The molecule has 27 heavy (non-hydrogen) atoms. The minimum atomic E-state index is 0.0137. The molecule has 2 aromatic carbocycles. The van der Waals surface area contributed by atoms with Crippen molar-refractivity contribution in [1.29, 1.82) is 0 Å². The molecule has 0 spiro atoms. The van der Waals surface area contributed by atoms with E-state index in [9.17, 15) is 4.79 Å². The Morgan fingerprint density at radius 2 is 1.81 bits per heavy atom. The van der Waals surface area contributed by atoms with E-state index in [-0.39, 0.29) is 5.91 Å². The van der Waals surface area contributed by atoms with Crippen LogP contribution in [0.2, 0.25) is 0 Å². The van der Waals surface area contributed by atoms with E-state index in [1.54, 1.807) is 12.5 Å². The van der Waals surface area contributed by atoms with Crippen molar-refractivity contribution in [3.05, 3.63) is 96.1 Å². The van der Waals surface area contributed by atoms with Crippen molar-refractivity contribution in [3.63, 3.8) is 0 Å². The van der Waals surface area contributed by atoms with Gasteiger partial charge in [0.2, 0.25) is 5.91 Å². The molecule has 2 heterocycles. The number of carbonyl (C=O) groups is 1. The zero-order chi connectivity index (χ0) is 18.6. The topological polar surface area (TPSA) is 46.4 Å². The molecule has 1 amide bonds. The second-order valence-corrected chi connectivity index (χ2v) is 6.78. The van der Waals surface area contributed by atoms with Crippen LogP contribution in [0.1, 0.15) is 16.7 Å². The normalized spacial score (nSPS) is 10.9. The lowest BCUT2D eigenvalue weighted by molar-refractivity contribution is -0.120. The van der Waals surface area contributed by atoms with Crippen LogP contribution in [-0.2, 0) is 17.8 Å². The summed E-state index contributed by atoms with van der Waals surface area (Å²) in [5.74, 6) is 0.0137. The monoisotopic (exact) mass is 355 g/mol. The first-order chi connectivity index (χ1) is 13.2. The summed E-state index contributed by atoms with van der Waals surface area (Å²) >= 11 is 0. The predicted octanol–water partition coefficient (Wildman–Crippen LogP) is 4.17. The molecule has 0 aliphatic carbocycles. The third kappa shape index (κ3) is 4.06. The lowest BCUT2D eigenvalue weighted by atomic mass is 10.0. The fraction of sp³-hybridized carbons (Fsp3) is 0.130. The van der Waals surface area contributed by atoms with E-state index in [1.807, 2.05) is 34.9 Å². The number of benzene rings is 2. The molecule has 134 valence electrons. The Morgan fingerprint density at radius 1 is 1.00 bits per heavy atom. The summed E-state index contributed by atoms with van der Waals surface area (Å²) in [4.78, 5) is 16.4. The Hall–Kier alpha value is -3.40. The fourth-order valence-electron chi connectivity index (χ4n) is 3.21. The highest BCUT2D eigenvalue weighted by Crippen LogP contribution is 2.21. The second-order valence-electron chi connectivity index (χ2n) is 6.78. The summed E-state index contributed by atoms with van der Waals surface area (Å²) in [6, 6.07) is 20.7. The van der Waals surface area contributed by atoms with Gasteiger partial charge in [0.05, 0.1) is 24.5 Å². The molecule has 4 rings (SSSR count). The van der Waals surface area contributed by atoms with Gasteiger partial charge in [-0.2, -0.15) is 0 Å². The molecule has 0 aliphatic heterocycles. The molecule has 0 aliphatic rings. The van der Waals surface area contributed by atoms with E-state index in [1.165, 1.54) is 11.1 Å². The van der Waals surface area contributed by atoms with Crippen LogP contribution in [0.4, 0.5) is 0 Å². The summed E-state index contributed by atoms with van der Waals surface area (Å²) in [5.41, 5.74) is 6.66. The van der Waals surface area contributed by atoms with Gasteiger partial charge in [-0.05, 0) is 47.4 Å². The molecule has 0 saturated heterocycles. The Bertz CT molecular complexity index is 1100. The summed E-state index contributed by atoms with van der Waals surface area (Å²) in [7, 11) is 0. The molecule has 0 unspecified atom stereocenters. The molecular formula is C23H21N3O. The molecule has 0 saturated carbocycles. The third-order valence-electron chi connectivity index (χ3n) is 4.61. The Kier molecular flexibility index (Phi) is 4.71. The summed E-state index contributed by atoms with van der Waals surface area (Å²) in [5, 5.41) is 3.02. The van der Waals surface area contributed by atoms with Crippen molar-refractivity contribution >= 4 is 11.4 Å². The van der Waals surface area contributed by atoms with Crippen molar-refractivity contribution < 1.29 is 4.79 Å². The summed E-state index contributed by atoms with van der Waals surface area (Å²) < 4.78 is 1.93. The predicted molar refractivity (Wildman–Crippen MR) is 107 cm³/mol. The van der Waals surface area contributed by atoms with E-state index in [0.717, 1.165) is 22.2 Å². The number of hydrogen-bond acceptors (Lipinski definition) is 2.